The van der Waals surface area contributed by atoms with Crippen molar-refractivity contribution in [3.8, 4) is 0 Å². The van der Waals surface area contributed by atoms with E-state index in [1.54, 1.807) is 0 Å². The van der Waals surface area contributed by atoms with Crippen molar-refractivity contribution in [1.29, 1.82) is 0 Å². The van der Waals surface area contributed by atoms with E-state index in [0.717, 1.165) is 23.7 Å². The van der Waals surface area contributed by atoms with Crippen molar-refractivity contribution in [3.63, 3.8) is 0 Å². The van der Waals surface area contributed by atoms with Gasteiger partial charge in [0.15, 0.2) is 0 Å². The molecule has 4 atom stereocenters. The maximum Gasteiger partial charge on any atom is 0.344 e. The average Bonchev–Trinajstić information content (AvgIpc) is 2.57. The topological polar surface area (TPSA) is 18.5 Å². The largest absolute Gasteiger partial charge is 0.397 e. The maximum atomic E-state index is 6.34. The molecule has 0 aliphatic heterocycles. The van der Waals surface area contributed by atoms with Gasteiger partial charge in [-0.25, -0.2) is 0 Å². The Morgan fingerprint density at radius 1 is 0.696 bits per heavy atom. The summed E-state index contributed by atoms with van der Waals surface area (Å²) < 4.78 is 12.7. The first-order chi connectivity index (χ1) is 10.9. The third kappa shape index (κ3) is 4.22. The van der Waals surface area contributed by atoms with Gasteiger partial charge in [0, 0.05) is 25.3 Å². The first-order valence-corrected chi connectivity index (χ1v) is 12.0. The van der Waals surface area contributed by atoms with Crippen molar-refractivity contribution >= 4 is 8.56 Å². The smallest absolute Gasteiger partial charge is 0.344 e. The van der Waals surface area contributed by atoms with Gasteiger partial charge >= 0.3 is 8.56 Å². The fourth-order valence-corrected chi connectivity index (χ4v) is 10.1. The lowest BCUT2D eigenvalue weighted by atomic mass is 9.81. The summed E-state index contributed by atoms with van der Waals surface area (Å²) in [5.41, 5.74) is 1.41. The Kier molecular flexibility index (Phi) is 7.18. The van der Waals surface area contributed by atoms with Crippen LogP contribution in [0.15, 0.2) is 0 Å². The Morgan fingerprint density at radius 2 is 1.09 bits per heavy atom. The summed E-state index contributed by atoms with van der Waals surface area (Å²) in [4.78, 5) is 0. The molecule has 0 aromatic rings. The summed E-state index contributed by atoms with van der Waals surface area (Å²) in [7, 11) is 1.79. The molecule has 0 spiro atoms. The highest BCUT2D eigenvalue weighted by molar-refractivity contribution is 6.70. The van der Waals surface area contributed by atoms with Crippen LogP contribution in [0.3, 0.4) is 0 Å². The minimum absolute atomic E-state index is 0.703. The molecular formula is C20H40O2Si. The van der Waals surface area contributed by atoms with Crippen LogP contribution in [0.2, 0.25) is 11.1 Å². The summed E-state index contributed by atoms with van der Waals surface area (Å²) in [6.45, 7) is 9.58. The molecule has 0 aromatic heterocycles. The zero-order valence-corrected chi connectivity index (χ0v) is 17.4. The van der Waals surface area contributed by atoms with Gasteiger partial charge in [0.1, 0.15) is 0 Å². The molecule has 0 saturated heterocycles. The standard InChI is InChI=1S/C20H40O2Si/c1-15(2)17-9-7-11-19(13-17)23(21-5,22-6)20-12-8-10-18(14-20)16(3)4/h15-20H,7-14H2,1-6H3. The van der Waals surface area contributed by atoms with Crippen molar-refractivity contribution in [2.45, 2.75) is 90.1 Å². The second kappa shape index (κ2) is 8.49. The zero-order chi connectivity index (χ0) is 17.0. The quantitative estimate of drug-likeness (QED) is 0.539. The van der Waals surface area contributed by atoms with E-state index in [1.807, 2.05) is 14.2 Å². The van der Waals surface area contributed by atoms with E-state index >= 15 is 0 Å². The van der Waals surface area contributed by atoms with Crippen LogP contribution in [0.4, 0.5) is 0 Å². The van der Waals surface area contributed by atoms with Gasteiger partial charge in [0.05, 0.1) is 0 Å². The Hall–Kier alpha value is 0.137. The highest BCUT2D eigenvalue weighted by atomic mass is 28.4. The fraction of sp³-hybridized carbons (Fsp3) is 1.00. The van der Waals surface area contributed by atoms with Crippen molar-refractivity contribution in [2.75, 3.05) is 14.2 Å². The zero-order valence-electron chi connectivity index (χ0n) is 16.4. The average molecular weight is 341 g/mol. The number of hydrogen-bond acceptors (Lipinski definition) is 2. The Labute approximate surface area is 146 Å². The molecule has 2 fully saturated rings. The summed E-state index contributed by atoms with van der Waals surface area (Å²) in [6.07, 6.45) is 10.9. The van der Waals surface area contributed by atoms with E-state index in [1.165, 1.54) is 51.4 Å². The molecule has 0 radical (unpaired) electrons. The Balaban J connectivity index is 2.17. The maximum absolute atomic E-state index is 6.34. The van der Waals surface area contributed by atoms with Crippen LogP contribution in [-0.2, 0) is 8.85 Å². The van der Waals surface area contributed by atoms with Gasteiger partial charge in [-0.1, -0.05) is 53.4 Å². The van der Waals surface area contributed by atoms with Crippen molar-refractivity contribution in [3.05, 3.63) is 0 Å². The van der Waals surface area contributed by atoms with E-state index in [9.17, 15) is 0 Å². The molecule has 4 unspecified atom stereocenters. The molecule has 3 heteroatoms. The van der Waals surface area contributed by atoms with Gasteiger partial charge < -0.3 is 8.85 Å². The van der Waals surface area contributed by atoms with Crippen LogP contribution in [0, 0.1) is 23.7 Å². The molecule has 136 valence electrons. The predicted octanol–water partition coefficient (Wildman–Crippen LogP) is 6.15. The van der Waals surface area contributed by atoms with E-state index < -0.39 is 8.56 Å². The molecule has 0 aromatic carbocycles. The number of rotatable bonds is 6. The molecule has 2 rings (SSSR count). The SMILES string of the molecule is CO[Si](OC)(C1CCCC(C(C)C)C1)C1CCCC(C(C)C)C1. The number of hydrogen-bond donors (Lipinski definition) is 0. The summed E-state index contributed by atoms with van der Waals surface area (Å²) in [5, 5.41) is 0. The van der Waals surface area contributed by atoms with Crippen molar-refractivity contribution < 1.29 is 8.85 Å². The van der Waals surface area contributed by atoms with Gasteiger partial charge in [-0.15, -0.1) is 0 Å². The van der Waals surface area contributed by atoms with E-state index in [-0.39, 0.29) is 0 Å². The van der Waals surface area contributed by atoms with Gasteiger partial charge in [-0.05, 0) is 49.4 Å². The Morgan fingerprint density at radius 3 is 1.39 bits per heavy atom. The van der Waals surface area contributed by atoms with E-state index in [4.69, 9.17) is 8.85 Å². The molecule has 0 heterocycles. The molecule has 2 aliphatic rings. The highest BCUT2D eigenvalue weighted by Crippen LogP contribution is 2.52. The van der Waals surface area contributed by atoms with Crippen LogP contribution >= 0.6 is 0 Å². The summed E-state index contributed by atoms with van der Waals surface area (Å²) >= 11 is 0. The molecule has 0 bridgehead atoms. The molecular weight excluding hydrogens is 300 g/mol. The van der Waals surface area contributed by atoms with Crippen LogP contribution in [-0.4, -0.2) is 22.8 Å². The van der Waals surface area contributed by atoms with Gasteiger partial charge in [-0.3, -0.25) is 0 Å². The molecule has 2 nitrogen and oxygen atoms in total. The molecule has 23 heavy (non-hydrogen) atoms. The predicted molar refractivity (Wildman–Crippen MR) is 101 cm³/mol. The van der Waals surface area contributed by atoms with Crippen LogP contribution < -0.4 is 0 Å². The third-order valence-electron chi connectivity index (χ3n) is 7.09. The monoisotopic (exact) mass is 340 g/mol. The minimum atomic E-state index is -2.12. The summed E-state index contributed by atoms with van der Waals surface area (Å²) in [6, 6.07) is 0. The van der Waals surface area contributed by atoms with Crippen molar-refractivity contribution in [2.24, 2.45) is 23.7 Å². The second-order valence-corrected chi connectivity index (χ2v) is 12.8. The fourth-order valence-electron chi connectivity index (χ4n) is 5.48. The van der Waals surface area contributed by atoms with Gasteiger partial charge in [-0.2, -0.15) is 0 Å². The van der Waals surface area contributed by atoms with Crippen LogP contribution in [0.5, 0.6) is 0 Å². The van der Waals surface area contributed by atoms with Gasteiger partial charge in [0.25, 0.3) is 0 Å². The highest BCUT2D eigenvalue weighted by Gasteiger charge is 2.53. The first kappa shape index (κ1) is 19.5. The van der Waals surface area contributed by atoms with Crippen LogP contribution in [0.25, 0.3) is 0 Å². The lowest BCUT2D eigenvalue weighted by Gasteiger charge is -2.47. The summed E-state index contributed by atoms with van der Waals surface area (Å²) in [5.74, 6) is 3.34. The lowest BCUT2D eigenvalue weighted by Crippen LogP contribution is -2.52. The molecule has 2 aliphatic carbocycles. The van der Waals surface area contributed by atoms with E-state index in [0.29, 0.717) is 11.1 Å². The normalized spacial score (nSPS) is 33.4. The molecule has 2 saturated carbocycles. The molecule has 0 amide bonds. The molecule has 0 N–H and O–H groups in total. The van der Waals surface area contributed by atoms with Crippen molar-refractivity contribution in [1.82, 2.24) is 0 Å². The van der Waals surface area contributed by atoms with Gasteiger partial charge in [0.2, 0.25) is 0 Å². The minimum Gasteiger partial charge on any atom is -0.397 e. The Bertz CT molecular complexity index is 322. The lowest BCUT2D eigenvalue weighted by molar-refractivity contribution is 0.160. The van der Waals surface area contributed by atoms with Crippen LogP contribution in [0.1, 0.15) is 79.1 Å². The second-order valence-electron chi connectivity index (χ2n) is 8.86. The van der Waals surface area contributed by atoms with E-state index in [2.05, 4.69) is 27.7 Å². The first-order valence-electron chi connectivity index (χ1n) is 10.0. The third-order valence-corrected chi connectivity index (χ3v) is 11.7.